The van der Waals surface area contributed by atoms with Gasteiger partial charge in [0.15, 0.2) is 0 Å². The number of aliphatic hydroxyl groups excluding tert-OH is 1. The minimum Gasteiger partial charge on any atom is -0.394 e. The molecule has 4 N–H and O–H groups in total. The molecule has 4 aromatic rings. The predicted molar refractivity (Wildman–Crippen MR) is 117 cm³/mol. The third kappa shape index (κ3) is 3.21. The quantitative estimate of drug-likeness (QED) is 0.472. The van der Waals surface area contributed by atoms with Crippen molar-refractivity contribution in [2.45, 2.75) is 19.1 Å². The maximum atomic E-state index is 9.91. The summed E-state index contributed by atoms with van der Waals surface area (Å²) in [5.74, 6) is 2.25. The summed E-state index contributed by atoms with van der Waals surface area (Å²) in [4.78, 5) is 15.3. The monoisotopic (exact) mass is 401 g/mol. The number of rotatable bonds is 5. The molecule has 0 amide bonds. The number of hydrogen-bond donors (Lipinski definition) is 3. The fourth-order valence-corrected chi connectivity index (χ4v) is 4.04. The summed E-state index contributed by atoms with van der Waals surface area (Å²) in [6.45, 7) is 2.25. The summed E-state index contributed by atoms with van der Waals surface area (Å²) in [5, 5.41) is 15.4. The highest BCUT2D eigenvalue weighted by molar-refractivity contribution is 5.99. The lowest BCUT2D eigenvalue weighted by Gasteiger charge is -2.35. The number of fused-ring (bicyclic) bond motifs is 2. The van der Waals surface area contributed by atoms with E-state index in [-0.39, 0.29) is 12.6 Å². The highest BCUT2D eigenvalue weighted by atomic mass is 16.3. The van der Waals surface area contributed by atoms with E-state index in [4.69, 9.17) is 5.73 Å². The first-order valence-corrected chi connectivity index (χ1v) is 9.95. The van der Waals surface area contributed by atoms with Crippen LogP contribution in [0.25, 0.3) is 10.8 Å². The van der Waals surface area contributed by atoms with E-state index in [1.54, 1.807) is 12.4 Å². The minimum absolute atomic E-state index is 0.00106. The molecule has 1 atom stereocenters. The van der Waals surface area contributed by atoms with Crippen molar-refractivity contribution in [2.75, 3.05) is 29.1 Å². The Morgan fingerprint density at radius 1 is 1.03 bits per heavy atom. The summed E-state index contributed by atoms with van der Waals surface area (Å²) in [6.07, 6.45) is 7.33. The molecular weight excluding hydrogens is 378 g/mol. The number of imidazole rings is 1. The Kier molecular flexibility index (Phi) is 4.68. The number of aliphatic hydroxyl groups is 1. The first-order valence-electron chi connectivity index (χ1n) is 9.95. The SMILES string of the molecule is Nc1nccc2c(NCc3ccc(N4CCn5ccnc5C4CO)nc3)cccc12. The molecule has 0 saturated heterocycles. The topological polar surface area (TPSA) is 105 Å². The molecule has 1 aromatic carbocycles. The van der Waals surface area contributed by atoms with E-state index in [1.165, 1.54) is 0 Å². The summed E-state index contributed by atoms with van der Waals surface area (Å²) in [7, 11) is 0. The van der Waals surface area contributed by atoms with Gasteiger partial charge in [0.05, 0.1) is 6.61 Å². The largest absolute Gasteiger partial charge is 0.394 e. The summed E-state index contributed by atoms with van der Waals surface area (Å²) in [6, 6.07) is 11.8. The molecule has 152 valence electrons. The number of benzene rings is 1. The average Bonchev–Trinajstić information content (AvgIpc) is 3.27. The zero-order valence-corrected chi connectivity index (χ0v) is 16.4. The second kappa shape index (κ2) is 7.64. The molecule has 0 saturated carbocycles. The van der Waals surface area contributed by atoms with Crippen LogP contribution in [0.15, 0.2) is 61.2 Å². The van der Waals surface area contributed by atoms with Gasteiger partial charge < -0.3 is 25.6 Å². The lowest BCUT2D eigenvalue weighted by Crippen LogP contribution is -2.40. The zero-order valence-electron chi connectivity index (χ0n) is 16.4. The molecule has 0 aliphatic carbocycles. The van der Waals surface area contributed by atoms with Gasteiger partial charge in [0.2, 0.25) is 0 Å². The van der Waals surface area contributed by atoms with Gasteiger partial charge in [0, 0.05) is 60.9 Å². The lowest BCUT2D eigenvalue weighted by atomic mass is 10.1. The van der Waals surface area contributed by atoms with Gasteiger partial charge >= 0.3 is 0 Å². The number of nitrogens with two attached hydrogens (primary N) is 1. The molecule has 0 radical (unpaired) electrons. The molecule has 4 heterocycles. The first kappa shape index (κ1) is 18.4. The van der Waals surface area contributed by atoms with Crippen LogP contribution in [0.1, 0.15) is 17.4 Å². The molecule has 1 aliphatic rings. The third-order valence-corrected chi connectivity index (χ3v) is 5.60. The Morgan fingerprint density at radius 2 is 1.97 bits per heavy atom. The van der Waals surface area contributed by atoms with Crippen molar-refractivity contribution in [3.63, 3.8) is 0 Å². The summed E-state index contributed by atoms with van der Waals surface area (Å²) < 4.78 is 2.09. The number of aromatic nitrogens is 4. The molecule has 8 heteroatoms. The van der Waals surface area contributed by atoms with Crippen LogP contribution >= 0.6 is 0 Å². The lowest BCUT2D eigenvalue weighted by molar-refractivity contribution is 0.243. The fourth-order valence-electron chi connectivity index (χ4n) is 4.04. The van der Waals surface area contributed by atoms with Crippen LogP contribution < -0.4 is 16.0 Å². The molecule has 8 nitrogen and oxygen atoms in total. The number of nitrogens with one attached hydrogen (secondary N) is 1. The van der Waals surface area contributed by atoms with E-state index in [2.05, 4.69) is 35.8 Å². The van der Waals surface area contributed by atoms with E-state index >= 15 is 0 Å². The number of nitrogens with zero attached hydrogens (tertiary/aromatic N) is 5. The van der Waals surface area contributed by atoms with Gasteiger partial charge in [-0.1, -0.05) is 18.2 Å². The maximum absolute atomic E-state index is 9.91. The molecule has 0 fully saturated rings. The van der Waals surface area contributed by atoms with Gasteiger partial charge in [-0.25, -0.2) is 15.0 Å². The fraction of sp³-hybridized carbons (Fsp3) is 0.227. The van der Waals surface area contributed by atoms with Gasteiger partial charge in [-0.3, -0.25) is 0 Å². The van der Waals surface area contributed by atoms with Crippen LogP contribution in [-0.2, 0) is 13.1 Å². The summed E-state index contributed by atoms with van der Waals surface area (Å²) >= 11 is 0. The molecule has 3 aromatic heterocycles. The molecular formula is C22H23N7O. The first-order chi connectivity index (χ1) is 14.7. The van der Waals surface area contributed by atoms with E-state index in [1.807, 2.05) is 42.7 Å². The van der Waals surface area contributed by atoms with E-state index in [9.17, 15) is 5.11 Å². The van der Waals surface area contributed by atoms with E-state index in [0.29, 0.717) is 12.4 Å². The second-order valence-electron chi connectivity index (χ2n) is 7.35. The smallest absolute Gasteiger partial charge is 0.133 e. The van der Waals surface area contributed by atoms with Crippen molar-refractivity contribution < 1.29 is 5.11 Å². The van der Waals surface area contributed by atoms with Gasteiger partial charge in [-0.05, 0) is 23.8 Å². The molecule has 30 heavy (non-hydrogen) atoms. The number of hydrogen-bond acceptors (Lipinski definition) is 7. The molecule has 1 aliphatic heterocycles. The van der Waals surface area contributed by atoms with Gasteiger partial charge in [0.1, 0.15) is 23.5 Å². The Bertz CT molecular complexity index is 1170. The van der Waals surface area contributed by atoms with Crippen molar-refractivity contribution in [3.05, 3.63) is 72.6 Å². The maximum Gasteiger partial charge on any atom is 0.133 e. The Balaban J connectivity index is 1.32. The van der Waals surface area contributed by atoms with Crippen molar-refractivity contribution >= 4 is 28.1 Å². The van der Waals surface area contributed by atoms with E-state index < -0.39 is 0 Å². The van der Waals surface area contributed by atoms with Gasteiger partial charge in [0.25, 0.3) is 0 Å². The van der Waals surface area contributed by atoms with Crippen LogP contribution in [0, 0.1) is 0 Å². The van der Waals surface area contributed by atoms with Crippen LogP contribution in [0.3, 0.4) is 0 Å². The molecule has 1 unspecified atom stereocenters. The number of anilines is 3. The van der Waals surface area contributed by atoms with Crippen molar-refractivity contribution in [1.82, 2.24) is 19.5 Å². The van der Waals surface area contributed by atoms with Crippen molar-refractivity contribution in [2.24, 2.45) is 0 Å². The number of pyridine rings is 2. The van der Waals surface area contributed by atoms with Crippen molar-refractivity contribution in [3.8, 4) is 0 Å². The van der Waals surface area contributed by atoms with Gasteiger partial charge in [-0.15, -0.1) is 0 Å². The summed E-state index contributed by atoms with van der Waals surface area (Å²) in [5.41, 5.74) is 8.06. The standard InChI is InChI=1S/C22H23N7O/c23-21-17-2-1-3-18(16(17)6-7-24-21)26-12-15-4-5-20(27-13-15)29-11-10-28-9-8-25-22(28)19(29)14-30/h1-9,13,19,26,30H,10-12,14H2,(H2,23,24). The minimum atomic E-state index is -0.181. The number of nitrogen functional groups attached to an aromatic ring is 1. The highest BCUT2D eigenvalue weighted by Gasteiger charge is 2.28. The molecule has 0 bridgehead atoms. The molecule has 5 rings (SSSR count). The Morgan fingerprint density at radius 3 is 2.80 bits per heavy atom. The Labute approximate surface area is 174 Å². The van der Waals surface area contributed by atoms with E-state index in [0.717, 1.165) is 46.8 Å². The zero-order chi connectivity index (χ0) is 20.5. The second-order valence-corrected chi connectivity index (χ2v) is 7.35. The van der Waals surface area contributed by atoms with Crippen molar-refractivity contribution in [1.29, 1.82) is 0 Å². The highest BCUT2D eigenvalue weighted by Crippen LogP contribution is 2.29. The van der Waals surface area contributed by atoms with Crippen LogP contribution in [0.2, 0.25) is 0 Å². The van der Waals surface area contributed by atoms with Crippen LogP contribution in [0.4, 0.5) is 17.3 Å². The average molecular weight is 401 g/mol. The third-order valence-electron chi connectivity index (χ3n) is 5.60. The van der Waals surface area contributed by atoms with Crippen LogP contribution in [0.5, 0.6) is 0 Å². The normalized spacial score (nSPS) is 15.9. The Hall–Kier alpha value is -3.65. The van der Waals surface area contributed by atoms with Gasteiger partial charge in [-0.2, -0.15) is 0 Å². The van der Waals surface area contributed by atoms with Crippen LogP contribution in [-0.4, -0.2) is 37.8 Å². The molecule has 0 spiro atoms. The predicted octanol–water partition coefficient (Wildman–Crippen LogP) is 2.57.